The molecule has 0 aliphatic carbocycles. The largest absolute Gasteiger partial charge is 0.478 e. The molecule has 0 rings (SSSR count). The Morgan fingerprint density at radius 3 is 1.83 bits per heavy atom. The van der Waals surface area contributed by atoms with E-state index in [2.05, 4.69) is 20.1 Å². The zero-order valence-corrected chi connectivity index (χ0v) is 18.9. The maximum absolute atomic E-state index is 10.7. The molecule has 0 saturated carbocycles. The van der Waals surface area contributed by atoms with Crippen molar-refractivity contribution in [2.45, 2.75) is 97.3 Å². The molecule has 29 heavy (non-hydrogen) atoms. The van der Waals surface area contributed by atoms with Crippen LogP contribution in [0.4, 0.5) is 0 Å². The fraction of sp³-hybridized carbons (Fsp3) is 0.750. The Morgan fingerprint density at radius 2 is 1.34 bits per heavy atom. The topological polar surface area (TPSA) is 72.8 Å². The Bertz CT molecular complexity index is 417. The summed E-state index contributed by atoms with van der Waals surface area (Å²) >= 11 is 0. The quantitative estimate of drug-likeness (QED) is 0.149. The first-order chi connectivity index (χ1) is 14.0. The predicted octanol–water partition coefficient (Wildman–Crippen LogP) is 6.47. The summed E-state index contributed by atoms with van der Waals surface area (Å²) in [4.78, 5) is 21.0. The lowest BCUT2D eigenvalue weighted by Crippen LogP contribution is -2.01. The highest BCUT2D eigenvalue weighted by Crippen LogP contribution is 2.10. The minimum atomic E-state index is -0.897. The molecule has 0 spiro atoms. The summed E-state index contributed by atoms with van der Waals surface area (Å²) in [6, 6.07) is 0. The van der Waals surface area contributed by atoms with E-state index in [9.17, 15) is 9.59 Å². The van der Waals surface area contributed by atoms with Crippen LogP contribution in [0.15, 0.2) is 24.8 Å². The van der Waals surface area contributed by atoms with Crippen molar-refractivity contribution in [1.29, 1.82) is 0 Å². The van der Waals surface area contributed by atoms with E-state index in [0.29, 0.717) is 19.6 Å². The zero-order chi connectivity index (χ0) is 22.2. The fourth-order valence-electron chi connectivity index (χ4n) is 2.61. The summed E-state index contributed by atoms with van der Waals surface area (Å²) in [5, 5.41) is 8.45. The molecule has 0 bridgehead atoms. The summed E-state index contributed by atoms with van der Waals surface area (Å²) < 4.78 is 10.0. The lowest BCUT2D eigenvalue weighted by molar-refractivity contribution is -0.138. The number of aliphatic carboxylic acids is 1. The SMILES string of the molecule is C=C(CCCCOCC)C(=O)O.C=CC(=O)OCCCCCCCCCCCC. The fourth-order valence-corrected chi connectivity index (χ4v) is 2.61. The van der Waals surface area contributed by atoms with E-state index < -0.39 is 5.97 Å². The number of rotatable bonds is 19. The first-order valence-corrected chi connectivity index (χ1v) is 11.3. The molecule has 5 nitrogen and oxygen atoms in total. The van der Waals surface area contributed by atoms with Crippen molar-refractivity contribution in [3.8, 4) is 0 Å². The van der Waals surface area contributed by atoms with E-state index >= 15 is 0 Å². The highest BCUT2D eigenvalue weighted by atomic mass is 16.5. The van der Waals surface area contributed by atoms with Gasteiger partial charge in [-0.05, 0) is 32.6 Å². The van der Waals surface area contributed by atoms with E-state index in [1.165, 1.54) is 63.9 Å². The van der Waals surface area contributed by atoms with E-state index in [-0.39, 0.29) is 11.5 Å². The summed E-state index contributed by atoms with van der Waals surface area (Å²) in [6.45, 7) is 13.0. The van der Waals surface area contributed by atoms with Crippen molar-refractivity contribution in [2.24, 2.45) is 0 Å². The molecule has 0 aromatic carbocycles. The Labute approximate surface area is 178 Å². The van der Waals surface area contributed by atoms with Gasteiger partial charge < -0.3 is 14.6 Å². The summed E-state index contributed by atoms with van der Waals surface area (Å²) in [6.07, 6.45) is 16.5. The summed E-state index contributed by atoms with van der Waals surface area (Å²) in [5.41, 5.74) is 0.284. The van der Waals surface area contributed by atoms with Gasteiger partial charge in [0.2, 0.25) is 0 Å². The van der Waals surface area contributed by atoms with Crippen LogP contribution in [-0.2, 0) is 19.1 Å². The van der Waals surface area contributed by atoms with Crippen molar-refractivity contribution in [1.82, 2.24) is 0 Å². The van der Waals surface area contributed by atoms with Crippen LogP contribution in [-0.4, -0.2) is 36.9 Å². The van der Waals surface area contributed by atoms with Gasteiger partial charge in [0.25, 0.3) is 0 Å². The lowest BCUT2D eigenvalue weighted by Gasteiger charge is -2.03. The van der Waals surface area contributed by atoms with E-state index in [4.69, 9.17) is 14.6 Å². The number of carboxylic acids is 1. The van der Waals surface area contributed by atoms with Crippen LogP contribution in [0, 0.1) is 0 Å². The van der Waals surface area contributed by atoms with Gasteiger partial charge in [-0.3, -0.25) is 0 Å². The predicted molar refractivity (Wildman–Crippen MR) is 120 cm³/mol. The molecule has 0 amide bonds. The maximum Gasteiger partial charge on any atom is 0.330 e. The van der Waals surface area contributed by atoms with Gasteiger partial charge in [0.15, 0.2) is 0 Å². The van der Waals surface area contributed by atoms with Crippen LogP contribution < -0.4 is 0 Å². The van der Waals surface area contributed by atoms with Gasteiger partial charge in [0.1, 0.15) is 0 Å². The Morgan fingerprint density at radius 1 is 0.828 bits per heavy atom. The third-order valence-corrected chi connectivity index (χ3v) is 4.43. The van der Waals surface area contributed by atoms with Crippen LogP contribution in [0.2, 0.25) is 0 Å². The number of carboxylic acid groups (broad SMARTS) is 1. The van der Waals surface area contributed by atoms with Crippen molar-refractivity contribution < 1.29 is 24.2 Å². The second-order valence-electron chi connectivity index (χ2n) is 7.12. The number of carbonyl (C=O) groups is 2. The minimum Gasteiger partial charge on any atom is -0.478 e. The second kappa shape index (κ2) is 24.4. The average molecular weight is 413 g/mol. The molecule has 0 saturated heterocycles. The minimum absolute atomic E-state index is 0.284. The highest BCUT2D eigenvalue weighted by Gasteiger charge is 2.02. The molecule has 0 radical (unpaired) electrons. The Kier molecular flexibility index (Phi) is 24.9. The van der Waals surface area contributed by atoms with Gasteiger partial charge >= 0.3 is 11.9 Å². The Hall–Kier alpha value is -1.62. The van der Waals surface area contributed by atoms with Crippen LogP contribution >= 0.6 is 0 Å². The van der Waals surface area contributed by atoms with Crippen LogP contribution in [0.5, 0.6) is 0 Å². The number of ether oxygens (including phenoxy) is 2. The lowest BCUT2D eigenvalue weighted by atomic mass is 10.1. The maximum atomic E-state index is 10.7. The molecular weight excluding hydrogens is 368 g/mol. The molecule has 1 N–H and O–H groups in total. The number of carbonyl (C=O) groups excluding carboxylic acids is 1. The van der Waals surface area contributed by atoms with E-state index in [1.807, 2.05) is 6.92 Å². The number of esters is 1. The van der Waals surface area contributed by atoms with Crippen LogP contribution in [0.1, 0.15) is 97.3 Å². The number of hydrogen-bond donors (Lipinski definition) is 1. The van der Waals surface area contributed by atoms with Crippen LogP contribution in [0.3, 0.4) is 0 Å². The number of unbranched alkanes of at least 4 members (excludes halogenated alkanes) is 10. The zero-order valence-electron chi connectivity index (χ0n) is 18.9. The molecule has 0 fully saturated rings. The van der Waals surface area contributed by atoms with Crippen molar-refractivity contribution in [2.75, 3.05) is 19.8 Å². The average Bonchev–Trinajstić information content (AvgIpc) is 2.71. The van der Waals surface area contributed by atoms with Gasteiger partial charge in [0, 0.05) is 24.9 Å². The van der Waals surface area contributed by atoms with Gasteiger partial charge in [-0.25, -0.2) is 9.59 Å². The molecule has 5 heteroatoms. The molecule has 0 atom stereocenters. The van der Waals surface area contributed by atoms with Gasteiger partial charge in [-0.15, -0.1) is 0 Å². The van der Waals surface area contributed by atoms with Crippen LogP contribution in [0.25, 0.3) is 0 Å². The molecule has 0 aromatic heterocycles. The van der Waals surface area contributed by atoms with E-state index in [1.54, 1.807) is 0 Å². The first kappa shape index (κ1) is 29.6. The molecule has 0 unspecified atom stereocenters. The number of hydrogen-bond acceptors (Lipinski definition) is 4. The smallest absolute Gasteiger partial charge is 0.330 e. The molecule has 0 aliphatic heterocycles. The molecule has 0 aliphatic rings. The van der Waals surface area contributed by atoms with Crippen molar-refractivity contribution in [3.05, 3.63) is 24.8 Å². The van der Waals surface area contributed by atoms with Crippen molar-refractivity contribution in [3.63, 3.8) is 0 Å². The second-order valence-corrected chi connectivity index (χ2v) is 7.12. The summed E-state index contributed by atoms with van der Waals surface area (Å²) in [7, 11) is 0. The Balaban J connectivity index is 0. The third-order valence-electron chi connectivity index (χ3n) is 4.43. The van der Waals surface area contributed by atoms with Gasteiger partial charge in [-0.1, -0.05) is 77.9 Å². The third kappa shape index (κ3) is 26.4. The summed E-state index contributed by atoms with van der Waals surface area (Å²) in [5.74, 6) is -1.20. The highest BCUT2D eigenvalue weighted by molar-refractivity contribution is 5.85. The molecule has 0 heterocycles. The molecule has 0 aromatic rings. The van der Waals surface area contributed by atoms with Gasteiger partial charge in [0.05, 0.1) is 6.61 Å². The van der Waals surface area contributed by atoms with Gasteiger partial charge in [-0.2, -0.15) is 0 Å². The molecule has 170 valence electrons. The molecular formula is C24H44O5. The van der Waals surface area contributed by atoms with E-state index in [0.717, 1.165) is 25.9 Å². The monoisotopic (exact) mass is 412 g/mol. The van der Waals surface area contributed by atoms with Crippen molar-refractivity contribution >= 4 is 11.9 Å². The standard InChI is InChI=1S/C15H28O2.C9H16O3/c1-3-5-6-7-8-9-10-11-12-13-14-17-15(16)4-2;1-3-12-7-5-4-6-8(2)9(10)11/h4H,2-3,5-14H2,1H3;2-7H2,1H3,(H,10,11). The first-order valence-electron chi connectivity index (χ1n) is 11.3. The normalized spacial score (nSPS) is 10.0.